The highest BCUT2D eigenvalue weighted by molar-refractivity contribution is 4.82. The number of rotatable bonds is 5. The van der Waals surface area contributed by atoms with Gasteiger partial charge in [0.25, 0.3) is 0 Å². The van der Waals surface area contributed by atoms with E-state index in [2.05, 4.69) is 32.4 Å². The highest BCUT2D eigenvalue weighted by Gasteiger charge is 1.76. The summed E-state index contributed by atoms with van der Waals surface area (Å²) in [4.78, 5) is 0. The summed E-state index contributed by atoms with van der Waals surface area (Å²) < 4.78 is 0. The van der Waals surface area contributed by atoms with E-state index in [9.17, 15) is 0 Å². The molecule has 0 aliphatic heterocycles. The van der Waals surface area contributed by atoms with E-state index in [-0.39, 0.29) is 0 Å². The van der Waals surface area contributed by atoms with Gasteiger partial charge in [0.05, 0.1) is 0 Å². The van der Waals surface area contributed by atoms with Gasteiger partial charge in [-0.05, 0) is 25.7 Å². The lowest BCUT2D eigenvalue weighted by molar-refractivity contribution is 0.928. The fourth-order valence-corrected chi connectivity index (χ4v) is 0.665. The molecule has 0 saturated heterocycles. The highest BCUT2D eigenvalue weighted by Crippen LogP contribution is 1.96. The van der Waals surface area contributed by atoms with Crippen LogP contribution >= 0.6 is 0 Å². The van der Waals surface area contributed by atoms with Crippen molar-refractivity contribution < 1.29 is 0 Å². The predicted molar refractivity (Wildman–Crippen MR) is 43.3 cm³/mol. The monoisotopic (exact) mass is 125 g/mol. The molecule has 1 radical (unpaired) electrons. The molecule has 0 aromatic rings. The zero-order valence-electron chi connectivity index (χ0n) is 6.56. The molecule has 0 amide bonds. The summed E-state index contributed by atoms with van der Waals surface area (Å²) in [5.41, 5.74) is 0. The minimum Gasteiger partial charge on any atom is -0.0885 e. The molecular formula is C9H17. The van der Waals surface area contributed by atoms with Crippen LogP contribution in [0.25, 0.3) is 0 Å². The molecule has 0 saturated carbocycles. The van der Waals surface area contributed by atoms with Crippen molar-refractivity contribution in [2.75, 3.05) is 0 Å². The third-order valence-electron chi connectivity index (χ3n) is 1.24. The van der Waals surface area contributed by atoms with Crippen molar-refractivity contribution in [3.05, 3.63) is 18.6 Å². The summed E-state index contributed by atoms with van der Waals surface area (Å²) in [5.74, 6) is 0. The molecule has 0 aliphatic rings. The van der Waals surface area contributed by atoms with Crippen LogP contribution in [0, 0.1) is 6.42 Å². The van der Waals surface area contributed by atoms with Crippen molar-refractivity contribution in [3.63, 3.8) is 0 Å². The van der Waals surface area contributed by atoms with Crippen molar-refractivity contribution >= 4 is 0 Å². The molecule has 9 heavy (non-hydrogen) atoms. The summed E-state index contributed by atoms with van der Waals surface area (Å²) in [7, 11) is 0. The van der Waals surface area contributed by atoms with Crippen molar-refractivity contribution in [1.29, 1.82) is 0 Å². The Bertz CT molecular complexity index is 62.4. The van der Waals surface area contributed by atoms with Crippen LogP contribution in [-0.2, 0) is 0 Å². The second kappa shape index (κ2) is 7.74. The van der Waals surface area contributed by atoms with Gasteiger partial charge in [0.1, 0.15) is 0 Å². The topological polar surface area (TPSA) is 0 Å². The zero-order chi connectivity index (χ0) is 6.95. The molecule has 0 nitrogen and oxygen atoms in total. The first-order valence-corrected chi connectivity index (χ1v) is 3.84. The van der Waals surface area contributed by atoms with Crippen LogP contribution in [0.4, 0.5) is 0 Å². The third kappa shape index (κ3) is 7.74. The van der Waals surface area contributed by atoms with Gasteiger partial charge in [-0.25, -0.2) is 0 Å². The van der Waals surface area contributed by atoms with Gasteiger partial charge in [-0.3, -0.25) is 0 Å². The Labute approximate surface area is 59.0 Å². The van der Waals surface area contributed by atoms with E-state index < -0.39 is 0 Å². The molecule has 0 N–H and O–H groups in total. The first-order chi connectivity index (χ1) is 4.41. The smallest absolute Gasteiger partial charge is 0.0348 e. The minimum atomic E-state index is 1.22. The van der Waals surface area contributed by atoms with Gasteiger partial charge in [0, 0.05) is 0 Å². The maximum atomic E-state index is 2.27. The summed E-state index contributed by atoms with van der Waals surface area (Å²) in [6.45, 7) is 4.31. The Hall–Kier alpha value is -0.260. The first kappa shape index (κ1) is 8.74. The quantitative estimate of drug-likeness (QED) is 0.390. The second-order valence-electron chi connectivity index (χ2n) is 2.25. The lowest BCUT2D eigenvalue weighted by atomic mass is 10.2. The maximum Gasteiger partial charge on any atom is -0.0348 e. The van der Waals surface area contributed by atoms with E-state index in [1.54, 1.807) is 0 Å². The molecule has 0 unspecified atom stereocenters. The fraction of sp³-hybridized carbons (Fsp3) is 0.667. The van der Waals surface area contributed by atoms with Crippen molar-refractivity contribution in [2.24, 2.45) is 0 Å². The van der Waals surface area contributed by atoms with Crippen LogP contribution in [0.5, 0.6) is 0 Å². The third-order valence-corrected chi connectivity index (χ3v) is 1.24. The molecule has 0 spiro atoms. The first-order valence-electron chi connectivity index (χ1n) is 3.84. The van der Waals surface area contributed by atoms with Crippen molar-refractivity contribution in [3.8, 4) is 0 Å². The normalized spacial score (nSPS) is 10.9. The number of hydrogen-bond donors (Lipinski definition) is 0. The molecule has 0 heteroatoms. The van der Waals surface area contributed by atoms with E-state index in [1.165, 1.54) is 25.7 Å². The predicted octanol–water partition coefficient (Wildman–Crippen LogP) is 3.35. The molecule has 53 valence electrons. The molecule has 0 bridgehead atoms. The van der Waals surface area contributed by atoms with E-state index in [0.717, 1.165) is 0 Å². The van der Waals surface area contributed by atoms with Gasteiger partial charge in [0.15, 0.2) is 0 Å². The number of unbranched alkanes of at least 4 members (excludes halogenated alkanes) is 3. The Morgan fingerprint density at radius 2 is 1.67 bits per heavy atom. The number of allylic oxidation sites excluding steroid dienone is 2. The number of hydrogen-bond acceptors (Lipinski definition) is 0. The van der Waals surface area contributed by atoms with Crippen LogP contribution in [0.15, 0.2) is 12.2 Å². The minimum absolute atomic E-state index is 1.22. The van der Waals surface area contributed by atoms with Gasteiger partial charge in [-0.1, -0.05) is 32.4 Å². The van der Waals surface area contributed by atoms with Gasteiger partial charge in [-0.15, -0.1) is 0 Å². The van der Waals surface area contributed by atoms with Crippen molar-refractivity contribution in [1.82, 2.24) is 0 Å². The lowest BCUT2D eigenvalue weighted by Crippen LogP contribution is -1.67. The Morgan fingerprint density at radius 1 is 1.00 bits per heavy atom. The summed E-state index contributed by atoms with van der Waals surface area (Å²) in [6, 6.07) is 0. The van der Waals surface area contributed by atoms with E-state index in [0.29, 0.717) is 0 Å². The largest absolute Gasteiger partial charge is 0.0885 e. The van der Waals surface area contributed by atoms with E-state index in [4.69, 9.17) is 0 Å². The highest BCUT2D eigenvalue weighted by atomic mass is 13.8. The van der Waals surface area contributed by atoms with Crippen molar-refractivity contribution in [2.45, 2.75) is 39.5 Å². The molecule has 0 heterocycles. The van der Waals surface area contributed by atoms with Gasteiger partial charge < -0.3 is 0 Å². The lowest BCUT2D eigenvalue weighted by Gasteiger charge is -1.86. The maximum absolute atomic E-state index is 2.27. The SMILES string of the molecule is C[CH]CC/C=C/CCC. The average Bonchev–Trinajstić information content (AvgIpc) is 1.89. The van der Waals surface area contributed by atoms with Gasteiger partial charge >= 0.3 is 0 Å². The summed E-state index contributed by atoms with van der Waals surface area (Å²) in [6.07, 6.45) is 11.7. The van der Waals surface area contributed by atoms with E-state index >= 15 is 0 Å². The van der Waals surface area contributed by atoms with Gasteiger partial charge in [-0.2, -0.15) is 0 Å². The van der Waals surface area contributed by atoms with Crippen LogP contribution in [0.3, 0.4) is 0 Å². The second-order valence-corrected chi connectivity index (χ2v) is 2.25. The molecule has 0 aromatic heterocycles. The standard InChI is InChI=1S/C9H17/c1-3-5-7-9-8-6-4-2/h3,8-9H,4-7H2,1-2H3/b9-8+. The van der Waals surface area contributed by atoms with Crippen LogP contribution < -0.4 is 0 Å². The average molecular weight is 125 g/mol. The van der Waals surface area contributed by atoms with Gasteiger partial charge in [0.2, 0.25) is 0 Å². The Balaban J connectivity index is 2.86. The summed E-state index contributed by atoms with van der Waals surface area (Å²) >= 11 is 0. The van der Waals surface area contributed by atoms with Crippen LogP contribution in [0.1, 0.15) is 39.5 Å². The molecule has 0 rings (SSSR count). The molecule has 0 atom stereocenters. The van der Waals surface area contributed by atoms with Crippen LogP contribution in [-0.4, -0.2) is 0 Å². The molecule has 0 aromatic carbocycles. The molecule has 0 fully saturated rings. The fourth-order valence-electron chi connectivity index (χ4n) is 0.665. The zero-order valence-corrected chi connectivity index (χ0v) is 6.56. The Kier molecular flexibility index (Phi) is 7.52. The molecule has 0 aliphatic carbocycles. The summed E-state index contributed by atoms with van der Waals surface area (Å²) in [5, 5.41) is 0. The Morgan fingerprint density at radius 3 is 2.22 bits per heavy atom. The molecular weight excluding hydrogens is 108 g/mol. The van der Waals surface area contributed by atoms with E-state index in [1.807, 2.05) is 0 Å². The van der Waals surface area contributed by atoms with Crippen LogP contribution in [0.2, 0.25) is 0 Å².